The van der Waals surface area contributed by atoms with Gasteiger partial charge in [0, 0.05) is 5.56 Å². The van der Waals surface area contributed by atoms with Crippen LogP contribution in [0.5, 0.6) is 5.75 Å². The zero-order chi connectivity index (χ0) is 12.5. The van der Waals surface area contributed by atoms with Crippen molar-refractivity contribution >= 4 is 5.65 Å². The molecule has 18 heavy (non-hydrogen) atoms. The molecule has 0 radical (unpaired) electrons. The first kappa shape index (κ1) is 10.8. The van der Waals surface area contributed by atoms with Crippen LogP contribution in [0.3, 0.4) is 0 Å². The van der Waals surface area contributed by atoms with Crippen LogP contribution in [0.2, 0.25) is 0 Å². The maximum Gasteiger partial charge on any atom is 0.168 e. The van der Waals surface area contributed by atoms with Crippen molar-refractivity contribution in [1.82, 2.24) is 14.6 Å². The first-order chi connectivity index (χ1) is 8.79. The highest BCUT2D eigenvalue weighted by Gasteiger charge is 2.10. The number of benzene rings is 1. The molecule has 0 amide bonds. The number of hydrogen-bond acceptors (Lipinski definition) is 3. The van der Waals surface area contributed by atoms with Gasteiger partial charge in [-0.3, -0.25) is 4.40 Å². The Balaban J connectivity index is 2.26. The Morgan fingerprint density at radius 2 is 1.89 bits per heavy atom. The predicted octanol–water partition coefficient (Wildman–Crippen LogP) is 2.71. The average molecular weight is 239 g/mol. The lowest BCUT2D eigenvalue weighted by atomic mass is 10.1. The summed E-state index contributed by atoms with van der Waals surface area (Å²) in [6.07, 6.45) is 1.90. The van der Waals surface area contributed by atoms with Crippen molar-refractivity contribution in [3.63, 3.8) is 0 Å². The monoisotopic (exact) mass is 239 g/mol. The van der Waals surface area contributed by atoms with Crippen molar-refractivity contribution in [1.29, 1.82) is 0 Å². The molecule has 90 valence electrons. The van der Waals surface area contributed by atoms with Crippen LogP contribution in [-0.2, 0) is 0 Å². The standard InChI is InChI=1S/C14H13N3O/c1-10-5-3-4-6-12(10)14-16-15-13-8-7-11(18-2)9-17(13)14/h3-9H,1-2H3. The zero-order valence-electron chi connectivity index (χ0n) is 10.3. The minimum Gasteiger partial charge on any atom is -0.495 e. The van der Waals surface area contributed by atoms with Crippen LogP contribution < -0.4 is 4.74 Å². The summed E-state index contributed by atoms with van der Waals surface area (Å²) in [6.45, 7) is 2.07. The van der Waals surface area contributed by atoms with E-state index < -0.39 is 0 Å². The normalized spacial score (nSPS) is 10.8. The second kappa shape index (κ2) is 4.14. The van der Waals surface area contributed by atoms with Crippen LogP contribution in [-0.4, -0.2) is 21.7 Å². The molecule has 3 aromatic rings. The van der Waals surface area contributed by atoms with E-state index >= 15 is 0 Å². The third-order valence-electron chi connectivity index (χ3n) is 3.00. The molecule has 0 aliphatic carbocycles. The molecule has 2 aromatic heterocycles. The Morgan fingerprint density at radius 3 is 2.67 bits per heavy atom. The van der Waals surface area contributed by atoms with Crippen molar-refractivity contribution < 1.29 is 4.74 Å². The van der Waals surface area contributed by atoms with Gasteiger partial charge in [-0.2, -0.15) is 0 Å². The molecular formula is C14H13N3O. The molecule has 4 nitrogen and oxygen atoms in total. The van der Waals surface area contributed by atoms with E-state index in [0.717, 1.165) is 22.8 Å². The summed E-state index contributed by atoms with van der Waals surface area (Å²) in [4.78, 5) is 0. The largest absolute Gasteiger partial charge is 0.495 e. The molecule has 0 N–H and O–H groups in total. The van der Waals surface area contributed by atoms with Crippen LogP contribution in [0.1, 0.15) is 5.56 Å². The summed E-state index contributed by atoms with van der Waals surface area (Å²) < 4.78 is 7.18. The minimum absolute atomic E-state index is 0.789. The summed E-state index contributed by atoms with van der Waals surface area (Å²) in [7, 11) is 1.65. The van der Waals surface area contributed by atoms with Crippen LogP contribution in [0.25, 0.3) is 17.0 Å². The third-order valence-corrected chi connectivity index (χ3v) is 3.00. The van der Waals surface area contributed by atoms with Gasteiger partial charge in [0.15, 0.2) is 11.5 Å². The molecule has 0 bridgehead atoms. The minimum atomic E-state index is 0.789. The molecule has 0 spiro atoms. The number of pyridine rings is 1. The van der Waals surface area contributed by atoms with Gasteiger partial charge >= 0.3 is 0 Å². The number of methoxy groups -OCH3 is 1. The van der Waals surface area contributed by atoms with Crippen LogP contribution in [0.15, 0.2) is 42.6 Å². The fourth-order valence-corrected chi connectivity index (χ4v) is 2.00. The quantitative estimate of drug-likeness (QED) is 0.690. The highest BCUT2D eigenvalue weighted by Crippen LogP contribution is 2.23. The average Bonchev–Trinajstić information content (AvgIpc) is 2.82. The van der Waals surface area contributed by atoms with E-state index in [1.165, 1.54) is 5.56 Å². The lowest BCUT2D eigenvalue weighted by Gasteiger charge is -2.05. The van der Waals surface area contributed by atoms with Crippen molar-refractivity contribution in [3.05, 3.63) is 48.2 Å². The number of hydrogen-bond donors (Lipinski definition) is 0. The Labute approximate surface area is 105 Å². The van der Waals surface area contributed by atoms with Gasteiger partial charge in [0.25, 0.3) is 0 Å². The summed E-state index contributed by atoms with van der Waals surface area (Å²) in [5, 5.41) is 8.43. The van der Waals surface area contributed by atoms with Crippen molar-refractivity contribution in [2.45, 2.75) is 6.92 Å². The molecule has 0 fully saturated rings. The third kappa shape index (κ3) is 1.62. The van der Waals surface area contributed by atoms with E-state index in [1.54, 1.807) is 7.11 Å². The van der Waals surface area contributed by atoms with E-state index in [1.807, 2.05) is 40.9 Å². The molecule has 0 unspecified atom stereocenters. The highest BCUT2D eigenvalue weighted by molar-refractivity contribution is 5.63. The summed E-state index contributed by atoms with van der Waals surface area (Å²) in [5.41, 5.74) is 3.07. The van der Waals surface area contributed by atoms with Gasteiger partial charge < -0.3 is 4.74 Å². The van der Waals surface area contributed by atoms with Gasteiger partial charge in [-0.05, 0) is 24.6 Å². The van der Waals surface area contributed by atoms with Crippen LogP contribution in [0, 0.1) is 6.92 Å². The molecule has 4 heteroatoms. The number of rotatable bonds is 2. The fourth-order valence-electron chi connectivity index (χ4n) is 2.00. The van der Waals surface area contributed by atoms with Crippen molar-refractivity contribution in [3.8, 4) is 17.1 Å². The van der Waals surface area contributed by atoms with Crippen molar-refractivity contribution in [2.24, 2.45) is 0 Å². The summed E-state index contributed by atoms with van der Waals surface area (Å²) in [5.74, 6) is 1.62. The van der Waals surface area contributed by atoms with E-state index in [4.69, 9.17) is 4.74 Å². The molecule has 0 saturated heterocycles. The van der Waals surface area contributed by atoms with E-state index in [0.29, 0.717) is 0 Å². The SMILES string of the molecule is COc1ccc2nnc(-c3ccccc3C)n2c1. The molecule has 1 aromatic carbocycles. The maximum absolute atomic E-state index is 5.24. The number of ether oxygens (including phenoxy) is 1. The number of fused-ring (bicyclic) bond motifs is 1. The molecule has 2 heterocycles. The van der Waals surface area contributed by atoms with E-state index in [2.05, 4.69) is 23.2 Å². The van der Waals surface area contributed by atoms with Gasteiger partial charge in [0.2, 0.25) is 0 Å². The Hall–Kier alpha value is -2.36. The van der Waals surface area contributed by atoms with Gasteiger partial charge in [-0.1, -0.05) is 24.3 Å². The molecule has 0 aliphatic heterocycles. The van der Waals surface area contributed by atoms with Gasteiger partial charge in [-0.25, -0.2) is 0 Å². The van der Waals surface area contributed by atoms with Gasteiger partial charge in [-0.15, -0.1) is 10.2 Å². The highest BCUT2D eigenvalue weighted by atomic mass is 16.5. The lowest BCUT2D eigenvalue weighted by Crippen LogP contribution is -1.93. The molecule has 0 atom stereocenters. The smallest absolute Gasteiger partial charge is 0.168 e. The lowest BCUT2D eigenvalue weighted by molar-refractivity contribution is 0.412. The Bertz CT molecular complexity index is 703. The van der Waals surface area contributed by atoms with Crippen LogP contribution in [0.4, 0.5) is 0 Å². The molecule has 0 saturated carbocycles. The van der Waals surface area contributed by atoms with E-state index in [-0.39, 0.29) is 0 Å². The molecular weight excluding hydrogens is 226 g/mol. The summed E-state index contributed by atoms with van der Waals surface area (Å²) >= 11 is 0. The van der Waals surface area contributed by atoms with Gasteiger partial charge in [0.1, 0.15) is 5.75 Å². The zero-order valence-corrected chi connectivity index (χ0v) is 10.3. The Kier molecular flexibility index (Phi) is 2.48. The number of aromatic nitrogens is 3. The second-order valence-corrected chi connectivity index (χ2v) is 4.14. The summed E-state index contributed by atoms with van der Waals surface area (Å²) in [6, 6.07) is 11.9. The second-order valence-electron chi connectivity index (χ2n) is 4.14. The van der Waals surface area contributed by atoms with Gasteiger partial charge in [0.05, 0.1) is 13.3 Å². The topological polar surface area (TPSA) is 39.4 Å². The predicted molar refractivity (Wildman–Crippen MR) is 69.7 cm³/mol. The maximum atomic E-state index is 5.24. The van der Waals surface area contributed by atoms with E-state index in [9.17, 15) is 0 Å². The van der Waals surface area contributed by atoms with Crippen LogP contribution >= 0.6 is 0 Å². The Morgan fingerprint density at radius 1 is 1.06 bits per heavy atom. The molecule has 0 aliphatic rings. The molecule has 3 rings (SSSR count). The fraction of sp³-hybridized carbons (Fsp3) is 0.143. The number of aryl methyl sites for hydroxylation is 1. The first-order valence-electron chi connectivity index (χ1n) is 5.74. The van der Waals surface area contributed by atoms with Crippen molar-refractivity contribution in [2.75, 3.05) is 7.11 Å². The first-order valence-corrected chi connectivity index (χ1v) is 5.74. The number of nitrogens with zero attached hydrogens (tertiary/aromatic N) is 3.